The lowest BCUT2D eigenvalue weighted by atomic mass is 9.98. The van der Waals surface area contributed by atoms with Crippen molar-refractivity contribution >= 4 is 11.6 Å². The first-order valence-corrected chi connectivity index (χ1v) is 4.97. The first-order valence-electron chi connectivity index (χ1n) is 4.59. The van der Waals surface area contributed by atoms with Crippen molar-refractivity contribution in [3.05, 3.63) is 33.8 Å². The highest BCUT2D eigenvalue weighted by Crippen LogP contribution is 2.45. The molecular weight excluding hydrogens is 182 g/mol. The van der Waals surface area contributed by atoms with Gasteiger partial charge >= 0.3 is 0 Å². The molecule has 1 aromatic carbocycles. The minimum absolute atomic E-state index is 0.0697. The van der Waals surface area contributed by atoms with E-state index in [1.807, 2.05) is 13.0 Å². The minimum Gasteiger partial charge on any atom is -0.321 e. The Labute approximate surface area is 83.9 Å². The van der Waals surface area contributed by atoms with Gasteiger partial charge in [0.25, 0.3) is 0 Å². The quantitative estimate of drug-likeness (QED) is 0.733. The molecule has 2 heteroatoms. The van der Waals surface area contributed by atoms with Crippen LogP contribution in [0.3, 0.4) is 0 Å². The maximum absolute atomic E-state index is 6.15. The molecule has 0 amide bonds. The summed E-state index contributed by atoms with van der Waals surface area (Å²) in [6.45, 7) is 4.10. The van der Waals surface area contributed by atoms with Crippen molar-refractivity contribution < 1.29 is 0 Å². The van der Waals surface area contributed by atoms with Gasteiger partial charge in [-0.05, 0) is 49.4 Å². The molecule has 1 aliphatic rings. The van der Waals surface area contributed by atoms with Crippen LogP contribution in [-0.4, -0.2) is 0 Å². The van der Waals surface area contributed by atoms with Gasteiger partial charge in [0.1, 0.15) is 0 Å². The fourth-order valence-corrected chi connectivity index (χ4v) is 2.01. The van der Waals surface area contributed by atoms with E-state index in [1.54, 1.807) is 0 Å². The van der Waals surface area contributed by atoms with Gasteiger partial charge in [-0.2, -0.15) is 0 Å². The Morgan fingerprint density at radius 1 is 1.31 bits per heavy atom. The van der Waals surface area contributed by atoms with Crippen molar-refractivity contribution in [2.45, 2.75) is 32.2 Å². The highest BCUT2D eigenvalue weighted by Gasteiger charge is 2.41. The van der Waals surface area contributed by atoms with Crippen LogP contribution in [0.15, 0.2) is 12.1 Å². The van der Waals surface area contributed by atoms with Gasteiger partial charge in [-0.25, -0.2) is 0 Å². The fraction of sp³-hybridized carbons (Fsp3) is 0.455. The van der Waals surface area contributed by atoms with Gasteiger partial charge < -0.3 is 5.73 Å². The maximum atomic E-state index is 6.15. The summed E-state index contributed by atoms with van der Waals surface area (Å²) in [5.74, 6) is 0. The lowest BCUT2D eigenvalue weighted by Gasteiger charge is -2.14. The van der Waals surface area contributed by atoms with Gasteiger partial charge in [-0.3, -0.25) is 0 Å². The first-order chi connectivity index (χ1) is 6.03. The highest BCUT2D eigenvalue weighted by molar-refractivity contribution is 6.31. The zero-order valence-corrected chi connectivity index (χ0v) is 8.78. The average Bonchev–Trinajstić information content (AvgIpc) is 2.77. The third-order valence-electron chi connectivity index (χ3n) is 2.81. The molecule has 0 bridgehead atoms. The van der Waals surface area contributed by atoms with Gasteiger partial charge in [0.05, 0.1) is 0 Å². The highest BCUT2D eigenvalue weighted by atomic mass is 35.5. The second-order valence-electron chi connectivity index (χ2n) is 4.08. The van der Waals surface area contributed by atoms with E-state index in [2.05, 4.69) is 13.0 Å². The van der Waals surface area contributed by atoms with Crippen LogP contribution in [0.1, 0.15) is 29.5 Å². The fourth-order valence-electron chi connectivity index (χ4n) is 1.74. The molecule has 0 heterocycles. The number of hydrogen-bond acceptors (Lipinski definition) is 1. The lowest BCUT2D eigenvalue weighted by Crippen LogP contribution is -2.20. The van der Waals surface area contributed by atoms with Crippen molar-refractivity contribution in [2.75, 3.05) is 0 Å². The molecule has 0 aliphatic heterocycles. The second-order valence-corrected chi connectivity index (χ2v) is 4.48. The molecule has 1 fully saturated rings. The molecule has 13 heavy (non-hydrogen) atoms. The monoisotopic (exact) mass is 195 g/mol. The van der Waals surface area contributed by atoms with Crippen LogP contribution >= 0.6 is 11.6 Å². The Hall–Kier alpha value is -0.530. The number of rotatable bonds is 1. The van der Waals surface area contributed by atoms with Crippen molar-refractivity contribution in [2.24, 2.45) is 5.73 Å². The summed E-state index contributed by atoms with van der Waals surface area (Å²) in [5, 5.41) is 0.840. The Balaban J connectivity index is 2.56. The summed E-state index contributed by atoms with van der Waals surface area (Å²) >= 11 is 6.10. The van der Waals surface area contributed by atoms with Crippen molar-refractivity contribution in [1.82, 2.24) is 0 Å². The average molecular weight is 196 g/mol. The van der Waals surface area contributed by atoms with Crippen molar-refractivity contribution in [3.8, 4) is 0 Å². The third kappa shape index (κ3) is 1.47. The van der Waals surface area contributed by atoms with E-state index in [0.29, 0.717) is 0 Å². The molecule has 1 aliphatic carbocycles. The molecule has 0 radical (unpaired) electrons. The topological polar surface area (TPSA) is 26.0 Å². The van der Waals surface area contributed by atoms with Gasteiger partial charge in [0.15, 0.2) is 0 Å². The zero-order chi connectivity index (χ0) is 9.64. The second kappa shape index (κ2) is 2.73. The standard InChI is InChI=1S/C11H14ClN/c1-7-5-9(11(13)3-4-11)8(2)10(12)6-7/h5-6H,3-4,13H2,1-2H3. The molecule has 2 N–H and O–H groups in total. The third-order valence-corrected chi connectivity index (χ3v) is 3.21. The summed E-state index contributed by atoms with van der Waals surface area (Å²) in [6, 6.07) is 4.15. The summed E-state index contributed by atoms with van der Waals surface area (Å²) in [4.78, 5) is 0. The SMILES string of the molecule is Cc1cc(Cl)c(C)c(C2(N)CC2)c1. The smallest absolute Gasteiger partial charge is 0.0441 e. The van der Waals surface area contributed by atoms with E-state index in [1.165, 1.54) is 11.1 Å². The van der Waals surface area contributed by atoms with E-state index >= 15 is 0 Å². The lowest BCUT2D eigenvalue weighted by molar-refractivity contribution is 0.732. The number of benzene rings is 1. The van der Waals surface area contributed by atoms with E-state index < -0.39 is 0 Å². The normalized spacial score (nSPS) is 18.8. The first kappa shape index (κ1) is 9.04. The Bertz CT molecular complexity index is 353. The summed E-state index contributed by atoms with van der Waals surface area (Å²) in [6.07, 6.45) is 2.18. The summed E-state index contributed by atoms with van der Waals surface area (Å²) in [7, 11) is 0. The molecule has 1 aromatic rings. The predicted octanol–water partition coefficient (Wildman–Crippen LogP) is 2.90. The summed E-state index contributed by atoms with van der Waals surface area (Å²) in [5.41, 5.74) is 9.65. The molecule has 1 saturated carbocycles. The molecule has 0 spiro atoms. The van der Waals surface area contributed by atoms with Crippen molar-refractivity contribution in [1.29, 1.82) is 0 Å². The van der Waals surface area contributed by atoms with Gasteiger partial charge in [-0.15, -0.1) is 0 Å². The molecule has 0 aromatic heterocycles. The zero-order valence-electron chi connectivity index (χ0n) is 8.02. The minimum atomic E-state index is -0.0697. The molecule has 0 unspecified atom stereocenters. The molecule has 1 nitrogen and oxygen atoms in total. The molecule has 0 atom stereocenters. The molecule has 70 valence electrons. The van der Waals surface area contributed by atoms with Gasteiger partial charge in [0.2, 0.25) is 0 Å². The van der Waals surface area contributed by atoms with E-state index in [4.69, 9.17) is 17.3 Å². The van der Waals surface area contributed by atoms with Crippen LogP contribution in [0.2, 0.25) is 5.02 Å². The largest absolute Gasteiger partial charge is 0.321 e. The van der Waals surface area contributed by atoms with Crippen molar-refractivity contribution in [3.63, 3.8) is 0 Å². The van der Waals surface area contributed by atoms with E-state index in [-0.39, 0.29) is 5.54 Å². The van der Waals surface area contributed by atoms with Crippen LogP contribution in [0, 0.1) is 13.8 Å². The van der Waals surface area contributed by atoms with Gasteiger partial charge in [0, 0.05) is 10.6 Å². The van der Waals surface area contributed by atoms with E-state index in [9.17, 15) is 0 Å². The van der Waals surface area contributed by atoms with Gasteiger partial charge in [-0.1, -0.05) is 17.7 Å². The molecule has 2 rings (SSSR count). The van der Waals surface area contributed by atoms with Crippen LogP contribution in [-0.2, 0) is 5.54 Å². The number of hydrogen-bond donors (Lipinski definition) is 1. The summed E-state index contributed by atoms with van der Waals surface area (Å²) < 4.78 is 0. The van der Waals surface area contributed by atoms with E-state index in [0.717, 1.165) is 23.4 Å². The van der Waals surface area contributed by atoms with Crippen LogP contribution in [0.5, 0.6) is 0 Å². The predicted molar refractivity (Wildman–Crippen MR) is 56.0 cm³/mol. The number of halogens is 1. The van der Waals surface area contributed by atoms with Crippen LogP contribution < -0.4 is 5.73 Å². The molecule has 0 saturated heterocycles. The maximum Gasteiger partial charge on any atom is 0.0441 e. The Morgan fingerprint density at radius 2 is 1.92 bits per heavy atom. The Morgan fingerprint density at radius 3 is 2.46 bits per heavy atom. The number of nitrogens with two attached hydrogens (primary N) is 1. The number of aryl methyl sites for hydroxylation is 1. The molecular formula is C11H14ClN. The Kier molecular flexibility index (Phi) is 1.90. The van der Waals surface area contributed by atoms with Crippen LogP contribution in [0.4, 0.5) is 0 Å². The van der Waals surface area contributed by atoms with Crippen LogP contribution in [0.25, 0.3) is 0 Å².